The van der Waals surface area contributed by atoms with Gasteiger partial charge in [0, 0.05) is 14.7 Å². The van der Waals surface area contributed by atoms with Crippen LogP contribution in [0.25, 0.3) is 0 Å². The summed E-state index contributed by atoms with van der Waals surface area (Å²) in [7, 11) is 1.48. The zero-order valence-corrected chi connectivity index (χ0v) is 16.0. The maximum absolute atomic E-state index is 12.0. The molecule has 0 aromatic heterocycles. The number of halogens is 2. The molecule has 126 valence electrons. The average molecular weight is 460 g/mol. The van der Waals surface area contributed by atoms with Crippen molar-refractivity contribution in [3.8, 4) is 5.75 Å². The van der Waals surface area contributed by atoms with Crippen molar-refractivity contribution >= 4 is 51.8 Å². The van der Waals surface area contributed by atoms with Gasteiger partial charge in [-0.2, -0.15) is 0 Å². The lowest BCUT2D eigenvalue weighted by molar-refractivity contribution is -0.119. The van der Waals surface area contributed by atoms with Crippen LogP contribution < -0.4 is 10.1 Å². The quantitative estimate of drug-likeness (QED) is 0.541. The molecule has 1 amide bonds. The van der Waals surface area contributed by atoms with Crippen LogP contribution in [0.5, 0.6) is 5.75 Å². The van der Waals surface area contributed by atoms with E-state index >= 15 is 0 Å². The Hall–Kier alpha value is -1.80. The number of benzene rings is 2. The Morgan fingerprint density at radius 3 is 2.62 bits per heavy atom. The van der Waals surface area contributed by atoms with Crippen molar-refractivity contribution in [1.29, 1.82) is 0 Å². The Morgan fingerprint density at radius 2 is 1.96 bits per heavy atom. The zero-order chi connectivity index (χ0) is 17.7. The summed E-state index contributed by atoms with van der Waals surface area (Å²) in [6, 6.07) is 10.3. The summed E-state index contributed by atoms with van der Waals surface area (Å²) in [6.45, 7) is 1.42. The number of esters is 1. The van der Waals surface area contributed by atoms with Crippen molar-refractivity contribution in [3.63, 3.8) is 0 Å². The third-order valence-electron chi connectivity index (χ3n) is 3.18. The standard InChI is InChI=1S/C17H15ClINO4/c1-10-7-14(15(23-2)8-12(10)18)20-16(21)9-24-17(22)11-5-3-4-6-13(11)19/h3-8H,9H2,1-2H3,(H,20,21). The Morgan fingerprint density at radius 1 is 1.25 bits per heavy atom. The van der Waals surface area contributed by atoms with Crippen molar-refractivity contribution in [2.75, 3.05) is 19.0 Å². The zero-order valence-electron chi connectivity index (χ0n) is 13.1. The first-order valence-electron chi connectivity index (χ1n) is 6.98. The van der Waals surface area contributed by atoms with Crippen molar-refractivity contribution in [1.82, 2.24) is 0 Å². The fourth-order valence-electron chi connectivity index (χ4n) is 1.95. The molecule has 0 spiro atoms. The molecule has 1 N–H and O–H groups in total. The number of anilines is 1. The van der Waals surface area contributed by atoms with Gasteiger partial charge < -0.3 is 14.8 Å². The van der Waals surface area contributed by atoms with E-state index in [9.17, 15) is 9.59 Å². The highest BCUT2D eigenvalue weighted by atomic mass is 127. The summed E-state index contributed by atoms with van der Waals surface area (Å²) in [5.74, 6) is -0.577. The summed E-state index contributed by atoms with van der Waals surface area (Å²) in [5, 5.41) is 3.19. The third-order valence-corrected chi connectivity index (χ3v) is 4.53. The number of hydrogen-bond acceptors (Lipinski definition) is 4. The highest BCUT2D eigenvalue weighted by Crippen LogP contribution is 2.30. The van der Waals surface area contributed by atoms with Crippen LogP contribution in [0.3, 0.4) is 0 Å². The summed E-state index contributed by atoms with van der Waals surface area (Å²) in [5.41, 5.74) is 1.68. The molecule has 24 heavy (non-hydrogen) atoms. The molecule has 0 aliphatic heterocycles. The normalized spacial score (nSPS) is 10.2. The van der Waals surface area contributed by atoms with E-state index in [1.165, 1.54) is 7.11 Å². The molecule has 0 bridgehead atoms. The molecule has 0 saturated carbocycles. The van der Waals surface area contributed by atoms with Crippen molar-refractivity contribution in [2.45, 2.75) is 6.92 Å². The van der Waals surface area contributed by atoms with Crippen molar-refractivity contribution in [2.24, 2.45) is 0 Å². The number of carbonyl (C=O) groups excluding carboxylic acids is 2. The Labute approximate surface area is 158 Å². The second-order valence-corrected chi connectivity index (χ2v) is 6.48. The number of carbonyl (C=O) groups is 2. The maximum atomic E-state index is 12.0. The first-order chi connectivity index (χ1) is 11.4. The molecule has 0 fully saturated rings. The summed E-state index contributed by atoms with van der Waals surface area (Å²) >= 11 is 8.06. The predicted octanol–water partition coefficient (Wildman–Crippen LogP) is 4.06. The van der Waals surface area contributed by atoms with Crippen LogP contribution in [0, 0.1) is 10.5 Å². The minimum atomic E-state index is -0.547. The summed E-state index contributed by atoms with van der Waals surface area (Å²) in [4.78, 5) is 24.0. The number of amides is 1. The van der Waals surface area contributed by atoms with E-state index in [4.69, 9.17) is 21.1 Å². The van der Waals surface area contributed by atoms with Crippen LogP contribution in [-0.4, -0.2) is 25.6 Å². The average Bonchev–Trinajstić information content (AvgIpc) is 2.56. The number of hydrogen-bond donors (Lipinski definition) is 1. The van der Waals surface area contributed by atoms with Gasteiger partial charge in [0.15, 0.2) is 6.61 Å². The van der Waals surface area contributed by atoms with Crippen LogP contribution in [0.4, 0.5) is 5.69 Å². The molecule has 0 aliphatic rings. The SMILES string of the molecule is COc1cc(Cl)c(C)cc1NC(=O)COC(=O)c1ccccc1I. The van der Waals surface area contributed by atoms with E-state index in [1.54, 1.807) is 30.3 Å². The smallest absolute Gasteiger partial charge is 0.339 e. The van der Waals surface area contributed by atoms with Gasteiger partial charge >= 0.3 is 5.97 Å². The van der Waals surface area contributed by atoms with Gasteiger partial charge in [-0.05, 0) is 53.3 Å². The lowest BCUT2D eigenvalue weighted by Crippen LogP contribution is -2.21. The number of methoxy groups -OCH3 is 1. The predicted molar refractivity (Wildman–Crippen MR) is 101 cm³/mol. The van der Waals surface area contributed by atoms with Gasteiger partial charge in [0.05, 0.1) is 18.4 Å². The molecule has 5 nitrogen and oxygen atoms in total. The maximum Gasteiger partial charge on any atom is 0.339 e. The monoisotopic (exact) mass is 459 g/mol. The van der Waals surface area contributed by atoms with Crippen molar-refractivity contribution < 1.29 is 19.1 Å². The molecule has 0 radical (unpaired) electrons. The van der Waals surface area contributed by atoms with E-state index in [-0.39, 0.29) is 0 Å². The first-order valence-corrected chi connectivity index (χ1v) is 8.43. The molecular formula is C17H15ClINO4. The molecular weight excluding hydrogens is 445 g/mol. The van der Waals surface area contributed by atoms with Crippen LogP contribution in [0.1, 0.15) is 15.9 Å². The Kier molecular flexibility index (Phi) is 6.44. The fraction of sp³-hybridized carbons (Fsp3) is 0.176. The second-order valence-electron chi connectivity index (χ2n) is 4.91. The topological polar surface area (TPSA) is 64.6 Å². The highest BCUT2D eigenvalue weighted by Gasteiger charge is 2.15. The molecule has 0 saturated heterocycles. The van der Waals surface area contributed by atoms with Gasteiger partial charge in [-0.25, -0.2) is 4.79 Å². The van der Waals surface area contributed by atoms with Crippen LogP contribution in [0.2, 0.25) is 5.02 Å². The van der Waals surface area contributed by atoms with Gasteiger partial charge in [0.2, 0.25) is 0 Å². The van der Waals surface area contributed by atoms with Gasteiger partial charge in [-0.15, -0.1) is 0 Å². The third kappa shape index (κ3) is 4.61. The van der Waals surface area contributed by atoms with Gasteiger partial charge in [-0.1, -0.05) is 23.7 Å². The first kappa shape index (κ1) is 18.5. The molecule has 2 aromatic carbocycles. The van der Waals surface area contributed by atoms with E-state index in [0.717, 1.165) is 9.13 Å². The number of aryl methyl sites for hydroxylation is 1. The number of rotatable bonds is 5. The van der Waals surface area contributed by atoms with Crippen LogP contribution in [-0.2, 0) is 9.53 Å². The largest absolute Gasteiger partial charge is 0.495 e. The van der Waals surface area contributed by atoms with Crippen LogP contribution >= 0.6 is 34.2 Å². The van der Waals surface area contributed by atoms with Crippen molar-refractivity contribution in [3.05, 3.63) is 56.1 Å². The lowest BCUT2D eigenvalue weighted by atomic mass is 10.2. The molecule has 0 atom stereocenters. The minimum Gasteiger partial charge on any atom is -0.495 e. The second kappa shape index (κ2) is 8.34. The molecule has 2 rings (SSSR count). The summed E-state index contributed by atoms with van der Waals surface area (Å²) < 4.78 is 11.0. The Bertz CT molecular complexity index is 779. The molecule has 0 unspecified atom stereocenters. The molecule has 0 heterocycles. The van der Waals surface area contributed by atoms with Gasteiger partial charge in [0.1, 0.15) is 5.75 Å². The van der Waals surface area contributed by atoms with E-state index in [1.807, 2.05) is 35.6 Å². The van der Waals surface area contributed by atoms with E-state index < -0.39 is 18.5 Å². The molecule has 0 aliphatic carbocycles. The van der Waals surface area contributed by atoms with E-state index in [0.29, 0.717) is 22.0 Å². The van der Waals surface area contributed by atoms with Gasteiger partial charge in [-0.3, -0.25) is 4.79 Å². The van der Waals surface area contributed by atoms with E-state index in [2.05, 4.69) is 5.32 Å². The molecule has 7 heteroatoms. The van der Waals surface area contributed by atoms with Crippen LogP contribution in [0.15, 0.2) is 36.4 Å². The minimum absolute atomic E-state index is 0.394. The Balaban J connectivity index is 2.00. The highest BCUT2D eigenvalue weighted by molar-refractivity contribution is 14.1. The number of ether oxygens (including phenoxy) is 2. The summed E-state index contributed by atoms with van der Waals surface area (Å²) in [6.07, 6.45) is 0. The fourth-order valence-corrected chi connectivity index (χ4v) is 2.71. The molecule has 2 aromatic rings. The number of nitrogens with one attached hydrogen (secondary N) is 1. The lowest BCUT2D eigenvalue weighted by Gasteiger charge is -2.12. The van der Waals surface area contributed by atoms with Gasteiger partial charge in [0.25, 0.3) is 5.91 Å².